The van der Waals surface area contributed by atoms with Crippen LogP contribution in [0.15, 0.2) is 17.1 Å². The van der Waals surface area contributed by atoms with E-state index in [-0.39, 0.29) is 12.4 Å². The van der Waals surface area contributed by atoms with E-state index in [1.54, 1.807) is 0 Å². The van der Waals surface area contributed by atoms with E-state index in [0.29, 0.717) is 0 Å². The van der Waals surface area contributed by atoms with Crippen molar-refractivity contribution in [2.75, 3.05) is 33.2 Å². The predicted molar refractivity (Wildman–Crippen MR) is 80.1 cm³/mol. The monoisotopic (exact) mass is 349 g/mol. The SMILES string of the molecule is COC[C@H]1O[C@@H](n2ccc(N)nc2=O)[C@@H](OC)C1OP(C)(=O)O. The van der Waals surface area contributed by atoms with Gasteiger partial charge in [0.05, 0.1) is 6.61 Å². The van der Waals surface area contributed by atoms with Gasteiger partial charge in [-0.05, 0) is 6.07 Å². The Balaban J connectivity index is 2.37. The molecule has 1 saturated heterocycles. The Hall–Kier alpha value is -1.29. The van der Waals surface area contributed by atoms with Gasteiger partial charge in [-0.15, -0.1) is 0 Å². The minimum absolute atomic E-state index is 0.0767. The summed E-state index contributed by atoms with van der Waals surface area (Å²) >= 11 is 0. The van der Waals surface area contributed by atoms with Gasteiger partial charge in [0.2, 0.25) is 0 Å². The van der Waals surface area contributed by atoms with Crippen LogP contribution in [0.25, 0.3) is 0 Å². The van der Waals surface area contributed by atoms with Crippen LogP contribution in [0.4, 0.5) is 5.82 Å². The van der Waals surface area contributed by atoms with E-state index in [1.807, 2.05) is 0 Å². The van der Waals surface area contributed by atoms with Crippen LogP contribution >= 0.6 is 7.60 Å². The van der Waals surface area contributed by atoms with Crippen LogP contribution in [0, 0.1) is 0 Å². The third-order valence-electron chi connectivity index (χ3n) is 3.33. The van der Waals surface area contributed by atoms with Crippen molar-refractivity contribution in [2.24, 2.45) is 0 Å². The fourth-order valence-electron chi connectivity index (χ4n) is 2.45. The highest BCUT2D eigenvalue weighted by atomic mass is 31.2. The molecule has 1 fully saturated rings. The number of aromatic nitrogens is 2. The van der Waals surface area contributed by atoms with Crippen LogP contribution in [0.2, 0.25) is 0 Å². The molecule has 1 aromatic heterocycles. The lowest BCUT2D eigenvalue weighted by molar-refractivity contribution is -0.0667. The Bertz CT molecular complexity index is 646. The Morgan fingerprint density at radius 2 is 2.17 bits per heavy atom. The highest BCUT2D eigenvalue weighted by Crippen LogP contribution is 2.44. The number of nitrogens with zero attached hydrogens (tertiary/aromatic N) is 2. The molecule has 2 heterocycles. The molecule has 0 saturated carbocycles. The molecule has 11 heteroatoms. The first-order valence-electron chi connectivity index (χ1n) is 6.77. The Kier molecular flexibility index (Phi) is 5.56. The molecule has 1 aliphatic rings. The van der Waals surface area contributed by atoms with Crippen molar-refractivity contribution in [1.82, 2.24) is 9.55 Å². The lowest BCUT2D eigenvalue weighted by atomic mass is 10.1. The summed E-state index contributed by atoms with van der Waals surface area (Å²) in [4.78, 5) is 25.1. The minimum atomic E-state index is -3.80. The van der Waals surface area contributed by atoms with E-state index in [2.05, 4.69) is 4.98 Å². The molecule has 0 radical (unpaired) electrons. The normalized spacial score (nSPS) is 30.3. The average Bonchev–Trinajstić information content (AvgIpc) is 2.75. The molecule has 2 rings (SSSR count). The Labute approximate surface area is 132 Å². The zero-order valence-electron chi connectivity index (χ0n) is 13.0. The number of hydrogen-bond acceptors (Lipinski definition) is 8. The fraction of sp³-hybridized carbons (Fsp3) is 0.667. The van der Waals surface area contributed by atoms with E-state index in [9.17, 15) is 14.3 Å². The molecule has 0 amide bonds. The van der Waals surface area contributed by atoms with Gasteiger partial charge in [0.1, 0.15) is 24.1 Å². The van der Waals surface area contributed by atoms with Crippen LogP contribution in [0.3, 0.4) is 0 Å². The molecular formula is C12H20N3O7P. The highest BCUT2D eigenvalue weighted by molar-refractivity contribution is 7.51. The second kappa shape index (κ2) is 7.08. The van der Waals surface area contributed by atoms with E-state index in [0.717, 1.165) is 6.66 Å². The van der Waals surface area contributed by atoms with Crippen molar-refractivity contribution in [3.8, 4) is 0 Å². The zero-order valence-corrected chi connectivity index (χ0v) is 13.9. The van der Waals surface area contributed by atoms with Gasteiger partial charge in [-0.1, -0.05) is 0 Å². The van der Waals surface area contributed by atoms with Gasteiger partial charge in [-0.2, -0.15) is 4.98 Å². The molecule has 0 bridgehead atoms. The van der Waals surface area contributed by atoms with Gasteiger partial charge in [-0.3, -0.25) is 13.7 Å². The second-order valence-electron chi connectivity index (χ2n) is 5.14. The van der Waals surface area contributed by atoms with E-state index < -0.39 is 37.8 Å². The van der Waals surface area contributed by atoms with E-state index in [1.165, 1.54) is 31.0 Å². The third kappa shape index (κ3) is 4.17. The molecule has 0 aromatic carbocycles. The van der Waals surface area contributed by atoms with Gasteiger partial charge in [-0.25, -0.2) is 4.79 Å². The molecular weight excluding hydrogens is 329 g/mol. The van der Waals surface area contributed by atoms with Crippen molar-refractivity contribution >= 4 is 13.4 Å². The van der Waals surface area contributed by atoms with Gasteiger partial charge in [0.15, 0.2) is 6.23 Å². The molecule has 2 unspecified atom stereocenters. The number of hydrogen-bond donors (Lipinski definition) is 2. The molecule has 1 aromatic rings. The van der Waals surface area contributed by atoms with Gasteiger partial charge in [0.25, 0.3) is 0 Å². The lowest BCUT2D eigenvalue weighted by Gasteiger charge is -2.24. The summed E-state index contributed by atoms with van der Waals surface area (Å²) in [6.45, 7) is 1.16. The number of methoxy groups -OCH3 is 2. The first-order chi connectivity index (χ1) is 10.8. The summed E-state index contributed by atoms with van der Waals surface area (Å²) in [5, 5.41) is 0. The number of nitrogen functional groups attached to an aromatic ring is 1. The lowest BCUT2D eigenvalue weighted by Crippen LogP contribution is -2.38. The molecule has 23 heavy (non-hydrogen) atoms. The fourth-order valence-corrected chi connectivity index (χ4v) is 3.16. The third-order valence-corrected chi connectivity index (χ3v) is 3.97. The van der Waals surface area contributed by atoms with Gasteiger partial charge < -0.3 is 24.8 Å². The first kappa shape index (κ1) is 18.1. The highest BCUT2D eigenvalue weighted by Gasteiger charge is 2.49. The maximum Gasteiger partial charge on any atom is 0.351 e. The van der Waals surface area contributed by atoms with Gasteiger partial charge >= 0.3 is 13.3 Å². The summed E-state index contributed by atoms with van der Waals surface area (Å²) in [6.07, 6.45) is -1.87. The first-order valence-corrected chi connectivity index (χ1v) is 8.80. The van der Waals surface area contributed by atoms with E-state index in [4.69, 9.17) is 24.5 Å². The summed E-state index contributed by atoms with van der Waals surface area (Å²) < 4.78 is 34.1. The molecule has 0 spiro atoms. The van der Waals surface area contributed by atoms with Crippen LogP contribution in [-0.2, 0) is 23.3 Å². The molecule has 10 nitrogen and oxygen atoms in total. The second-order valence-corrected chi connectivity index (χ2v) is 6.95. The predicted octanol–water partition coefficient (Wildman–Crippen LogP) is -0.415. The molecule has 5 atom stereocenters. The maximum absolute atomic E-state index is 12.0. The number of anilines is 1. The van der Waals surface area contributed by atoms with Crippen molar-refractivity contribution in [1.29, 1.82) is 0 Å². The summed E-state index contributed by atoms with van der Waals surface area (Å²) in [5.41, 5.74) is 4.84. The van der Waals surface area contributed by atoms with E-state index >= 15 is 0 Å². The summed E-state index contributed by atoms with van der Waals surface area (Å²) in [7, 11) is -0.958. The molecule has 3 N–H and O–H groups in total. The minimum Gasteiger partial charge on any atom is -0.383 e. The topological polar surface area (TPSA) is 135 Å². The van der Waals surface area contributed by atoms with Crippen LogP contribution in [-0.4, -0.2) is 60.2 Å². The maximum atomic E-state index is 12.0. The number of rotatable bonds is 6. The van der Waals surface area contributed by atoms with Crippen molar-refractivity contribution in [2.45, 2.75) is 24.5 Å². The zero-order chi connectivity index (χ0) is 17.2. The average molecular weight is 349 g/mol. The smallest absolute Gasteiger partial charge is 0.351 e. The molecule has 1 aliphatic heterocycles. The van der Waals surface area contributed by atoms with Crippen LogP contribution in [0.1, 0.15) is 6.23 Å². The van der Waals surface area contributed by atoms with Crippen LogP contribution < -0.4 is 11.4 Å². The number of nitrogens with two attached hydrogens (primary N) is 1. The largest absolute Gasteiger partial charge is 0.383 e. The standard InChI is InChI=1S/C12H20N3O7P/c1-19-6-7-9(22-23(3,17)18)10(20-2)11(21-7)15-5-4-8(13)14-12(15)16/h4-5,7,9-11H,6H2,1-3H3,(H,17,18)(H2,13,14,16)/t7-,9?,10+,11-/m1/s1. The molecule has 0 aliphatic carbocycles. The molecule has 130 valence electrons. The van der Waals surface area contributed by atoms with Crippen LogP contribution in [0.5, 0.6) is 0 Å². The summed E-state index contributed by atoms with van der Waals surface area (Å²) in [5.74, 6) is 0.0767. The van der Waals surface area contributed by atoms with Crippen molar-refractivity contribution in [3.63, 3.8) is 0 Å². The summed E-state index contributed by atoms with van der Waals surface area (Å²) in [6, 6.07) is 1.44. The van der Waals surface area contributed by atoms with Crippen molar-refractivity contribution in [3.05, 3.63) is 22.7 Å². The number of ether oxygens (including phenoxy) is 3. The van der Waals surface area contributed by atoms with Crippen molar-refractivity contribution < 1.29 is 28.2 Å². The Morgan fingerprint density at radius 1 is 1.48 bits per heavy atom. The Morgan fingerprint density at radius 3 is 2.70 bits per heavy atom. The van der Waals surface area contributed by atoms with Gasteiger partial charge in [0, 0.05) is 27.1 Å². The quantitative estimate of drug-likeness (QED) is 0.657.